The van der Waals surface area contributed by atoms with Gasteiger partial charge in [0.25, 0.3) is 5.91 Å². The van der Waals surface area contributed by atoms with E-state index in [2.05, 4.69) is 10.3 Å². The van der Waals surface area contributed by atoms with Crippen molar-refractivity contribution in [2.24, 2.45) is 0 Å². The molecule has 35 heavy (non-hydrogen) atoms. The van der Waals surface area contributed by atoms with Gasteiger partial charge >= 0.3 is 6.18 Å². The van der Waals surface area contributed by atoms with Gasteiger partial charge in [-0.15, -0.1) is 0 Å². The van der Waals surface area contributed by atoms with E-state index >= 15 is 0 Å². The molecule has 0 fully saturated rings. The van der Waals surface area contributed by atoms with Crippen LogP contribution in [-0.4, -0.2) is 28.5 Å². The average molecular weight is 504 g/mol. The number of aromatic nitrogens is 1. The molecule has 3 rings (SSSR count). The number of anilines is 1. The van der Waals surface area contributed by atoms with Crippen LogP contribution in [0.1, 0.15) is 27.0 Å². The van der Waals surface area contributed by atoms with E-state index in [1.54, 1.807) is 6.92 Å². The molecule has 0 aliphatic heterocycles. The van der Waals surface area contributed by atoms with Crippen molar-refractivity contribution in [3.05, 3.63) is 70.9 Å². The quantitative estimate of drug-likeness (QED) is 0.465. The lowest BCUT2D eigenvalue weighted by Crippen LogP contribution is -2.16. The highest BCUT2D eigenvalue weighted by atomic mass is 32.2. The number of pyridine rings is 1. The number of carbonyl (C=O) groups excluding carboxylic acids is 1. The summed E-state index contributed by atoms with van der Waals surface area (Å²) in [5.41, 5.74) is -0.987. The van der Waals surface area contributed by atoms with Gasteiger partial charge in [0, 0.05) is 29.1 Å². The lowest BCUT2D eigenvalue weighted by Gasteiger charge is -2.15. The fraction of sp³-hybridized carbons (Fsp3) is 0.174. The number of alkyl halides is 3. The molecule has 0 spiro atoms. The Morgan fingerprint density at radius 2 is 1.91 bits per heavy atom. The van der Waals surface area contributed by atoms with Crippen molar-refractivity contribution in [3.8, 4) is 23.4 Å². The van der Waals surface area contributed by atoms with Gasteiger partial charge in [0.1, 0.15) is 23.1 Å². The number of nitrogens with one attached hydrogen (secondary N) is 2. The number of nitriles is 1. The van der Waals surface area contributed by atoms with Crippen LogP contribution in [0, 0.1) is 23.0 Å². The highest BCUT2D eigenvalue weighted by molar-refractivity contribution is 7.91. The van der Waals surface area contributed by atoms with Crippen LogP contribution in [0.25, 0.3) is 0 Å². The first kappa shape index (κ1) is 25.5. The standard InChI is InChI=1S/C23H19F3N4O4S/c1-13-7-20(33-2)14(11-27)8-19(13)34-22-18(9-15(12-29-22)23(24,25)26)21(31)30-16-5-4-6-17(10-16)35(3,28)32/h4-10,12,28H,1-3H3,(H,30,31). The summed E-state index contributed by atoms with van der Waals surface area (Å²) in [5, 5.41) is 11.7. The monoisotopic (exact) mass is 504 g/mol. The minimum absolute atomic E-state index is 0.0885. The molecule has 0 saturated heterocycles. The second kappa shape index (κ2) is 9.63. The number of benzene rings is 2. The lowest BCUT2D eigenvalue weighted by molar-refractivity contribution is -0.137. The third kappa shape index (κ3) is 5.88. The Bertz CT molecular complexity index is 1450. The van der Waals surface area contributed by atoms with E-state index in [-0.39, 0.29) is 27.6 Å². The van der Waals surface area contributed by atoms with Crippen molar-refractivity contribution in [1.29, 1.82) is 10.0 Å². The molecule has 182 valence electrons. The Hall–Kier alpha value is -4.11. The van der Waals surface area contributed by atoms with E-state index < -0.39 is 38.8 Å². The largest absolute Gasteiger partial charge is 0.495 e. The van der Waals surface area contributed by atoms with Crippen LogP contribution < -0.4 is 14.8 Å². The summed E-state index contributed by atoms with van der Waals surface area (Å²) < 4.78 is 70.5. The maximum Gasteiger partial charge on any atom is 0.417 e. The molecule has 0 saturated carbocycles. The summed E-state index contributed by atoms with van der Waals surface area (Å²) in [5.74, 6) is -1.04. The Morgan fingerprint density at radius 1 is 1.20 bits per heavy atom. The number of nitrogens with zero attached hydrogens (tertiary/aromatic N) is 2. The van der Waals surface area contributed by atoms with Gasteiger partial charge in [0.05, 0.1) is 28.0 Å². The number of rotatable bonds is 6. The second-order valence-electron chi connectivity index (χ2n) is 7.43. The predicted molar refractivity (Wildman–Crippen MR) is 121 cm³/mol. The Morgan fingerprint density at radius 3 is 2.51 bits per heavy atom. The van der Waals surface area contributed by atoms with E-state index in [4.69, 9.17) is 14.3 Å². The summed E-state index contributed by atoms with van der Waals surface area (Å²) >= 11 is 0. The van der Waals surface area contributed by atoms with Crippen molar-refractivity contribution in [3.63, 3.8) is 0 Å². The molecule has 0 radical (unpaired) electrons. The van der Waals surface area contributed by atoms with E-state index in [1.807, 2.05) is 6.07 Å². The predicted octanol–water partition coefficient (Wildman–Crippen LogP) is 5.37. The molecule has 1 heterocycles. The van der Waals surface area contributed by atoms with Gasteiger partial charge in [-0.25, -0.2) is 14.0 Å². The third-order valence-corrected chi connectivity index (χ3v) is 5.94. The maximum atomic E-state index is 13.3. The number of hydrogen-bond donors (Lipinski definition) is 2. The molecule has 3 aromatic rings. The van der Waals surface area contributed by atoms with Crippen molar-refractivity contribution in [2.45, 2.75) is 18.0 Å². The summed E-state index contributed by atoms with van der Waals surface area (Å²) in [4.78, 5) is 16.8. The number of halogens is 3. The molecule has 0 aliphatic rings. The average Bonchev–Trinajstić information content (AvgIpc) is 2.79. The maximum absolute atomic E-state index is 13.3. The van der Waals surface area contributed by atoms with E-state index in [9.17, 15) is 27.4 Å². The molecule has 12 heteroatoms. The van der Waals surface area contributed by atoms with Gasteiger partial charge in [0.2, 0.25) is 5.88 Å². The molecule has 1 aromatic heterocycles. The van der Waals surface area contributed by atoms with Gasteiger partial charge < -0.3 is 14.8 Å². The molecule has 1 unspecified atom stereocenters. The van der Waals surface area contributed by atoms with Crippen molar-refractivity contribution >= 4 is 21.3 Å². The normalized spacial score (nSPS) is 12.8. The van der Waals surface area contributed by atoms with Crippen LogP contribution >= 0.6 is 0 Å². The van der Waals surface area contributed by atoms with Crippen LogP contribution in [0.3, 0.4) is 0 Å². The van der Waals surface area contributed by atoms with Crippen LogP contribution in [0.15, 0.2) is 53.6 Å². The molecule has 0 aliphatic carbocycles. The summed E-state index contributed by atoms with van der Waals surface area (Å²) in [6, 6.07) is 11.0. The third-order valence-electron chi connectivity index (χ3n) is 4.79. The second-order valence-corrected chi connectivity index (χ2v) is 9.59. The van der Waals surface area contributed by atoms with E-state index in [0.29, 0.717) is 17.8 Å². The van der Waals surface area contributed by atoms with Crippen LogP contribution in [0.2, 0.25) is 0 Å². The fourth-order valence-electron chi connectivity index (χ4n) is 3.00. The smallest absolute Gasteiger partial charge is 0.417 e. The molecule has 1 atom stereocenters. The molecule has 2 aromatic carbocycles. The first-order chi connectivity index (χ1) is 16.3. The van der Waals surface area contributed by atoms with Gasteiger partial charge in [-0.1, -0.05) is 6.07 Å². The SMILES string of the molecule is COc1cc(C)c(Oc2ncc(C(F)(F)F)cc2C(=O)Nc2cccc(S(C)(=N)=O)c2)cc1C#N. The van der Waals surface area contributed by atoms with Crippen molar-refractivity contribution < 1.29 is 31.6 Å². The lowest BCUT2D eigenvalue weighted by atomic mass is 10.1. The molecule has 2 N–H and O–H groups in total. The van der Waals surface area contributed by atoms with Crippen LogP contribution in [0.5, 0.6) is 17.4 Å². The number of methoxy groups -OCH3 is 1. The van der Waals surface area contributed by atoms with Gasteiger partial charge in [-0.3, -0.25) is 4.79 Å². The van der Waals surface area contributed by atoms with Crippen LogP contribution in [-0.2, 0) is 15.9 Å². The fourth-order valence-corrected chi connectivity index (χ4v) is 3.69. The number of hydrogen-bond acceptors (Lipinski definition) is 7. The highest BCUT2D eigenvalue weighted by Crippen LogP contribution is 2.35. The van der Waals surface area contributed by atoms with E-state index in [1.165, 1.54) is 49.8 Å². The zero-order valence-electron chi connectivity index (χ0n) is 18.7. The zero-order valence-corrected chi connectivity index (χ0v) is 19.5. The summed E-state index contributed by atoms with van der Waals surface area (Å²) in [6.45, 7) is 1.62. The van der Waals surface area contributed by atoms with Crippen LogP contribution in [0.4, 0.5) is 18.9 Å². The van der Waals surface area contributed by atoms with Gasteiger partial charge in [-0.05, 0) is 42.8 Å². The molecule has 1 amide bonds. The molecule has 0 bridgehead atoms. The first-order valence-electron chi connectivity index (χ1n) is 9.82. The topological polar surface area (TPSA) is 125 Å². The first-order valence-corrected chi connectivity index (χ1v) is 11.8. The number of amides is 1. The number of carbonyl (C=O) groups is 1. The Balaban J connectivity index is 2.05. The summed E-state index contributed by atoms with van der Waals surface area (Å²) in [6.07, 6.45) is -3.05. The Labute approximate surface area is 199 Å². The summed E-state index contributed by atoms with van der Waals surface area (Å²) in [7, 11) is -1.71. The number of aryl methyl sites for hydroxylation is 1. The van der Waals surface area contributed by atoms with Gasteiger partial charge in [0.15, 0.2) is 0 Å². The zero-order chi connectivity index (χ0) is 26.0. The number of ether oxygens (including phenoxy) is 2. The molecular formula is C23H19F3N4O4S. The van der Waals surface area contributed by atoms with E-state index in [0.717, 1.165) is 0 Å². The molecular weight excluding hydrogens is 485 g/mol. The molecule has 8 nitrogen and oxygen atoms in total. The minimum atomic E-state index is -4.77. The van der Waals surface area contributed by atoms with Crippen molar-refractivity contribution in [2.75, 3.05) is 18.7 Å². The van der Waals surface area contributed by atoms with Crippen molar-refractivity contribution in [1.82, 2.24) is 4.98 Å². The minimum Gasteiger partial charge on any atom is -0.495 e. The highest BCUT2D eigenvalue weighted by Gasteiger charge is 2.33. The Kier molecular flexibility index (Phi) is 7.02. The van der Waals surface area contributed by atoms with Gasteiger partial charge in [-0.2, -0.15) is 18.4 Å².